The minimum Gasteiger partial charge on any atom is -0.356 e. The summed E-state index contributed by atoms with van der Waals surface area (Å²) >= 11 is 14.5. The maximum Gasteiger partial charge on any atom is 0.109 e. The first-order valence-corrected chi connectivity index (χ1v) is 15.4. The molecule has 0 radical (unpaired) electrons. The predicted molar refractivity (Wildman–Crippen MR) is 161 cm³/mol. The van der Waals surface area contributed by atoms with Gasteiger partial charge in [0.05, 0.1) is 0 Å². The lowest BCUT2D eigenvalue weighted by atomic mass is 9.92. The number of halogens is 4. The summed E-state index contributed by atoms with van der Waals surface area (Å²) in [5.74, 6) is 0. The van der Waals surface area contributed by atoms with Gasteiger partial charge in [-0.2, -0.15) is 0 Å². The van der Waals surface area contributed by atoms with E-state index in [2.05, 4.69) is 161 Å². The fourth-order valence-electron chi connectivity index (χ4n) is 4.31. The molecule has 4 rings (SSSR count). The van der Waals surface area contributed by atoms with Crippen molar-refractivity contribution in [1.29, 1.82) is 0 Å². The Balaban J connectivity index is 1.86. The molecule has 5 heteroatoms. The minimum absolute atomic E-state index is 0.218. The number of benzene rings is 4. The number of alkyl halides is 2. The monoisotopic (exact) mass is 718 g/mol. The van der Waals surface area contributed by atoms with E-state index in [-0.39, 0.29) is 12.2 Å². The standard InChI is InChI=1S/C30H26Br4O/c31-19-17-21-5-1-3-7-27(21)29(23-9-13-25(33)14-10-23)35-30(24-11-15-26(34)16-12-24)28-8-4-2-6-22(28)18-20-32/h1-16,29-30H,17-20H2. The van der Waals surface area contributed by atoms with Crippen molar-refractivity contribution in [3.8, 4) is 0 Å². The van der Waals surface area contributed by atoms with Crippen LogP contribution in [0.5, 0.6) is 0 Å². The van der Waals surface area contributed by atoms with Crippen molar-refractivity contribution in [1.82, 2.24) is 0 Å². The van der Waals surface area contributed by atoms with Gasteiger partial charge in [-0.1, -0.05) is 137 Å². The Morgan fingerprint density at radius 1 is 0.514 bits per heavy atom. The van der Waals surface area contributed by atoms with Crippen molar-refractivity contribution in [3.05, 3.63) is 139 Å². The highest BCUT2D eigenvalue weighted by molar-refractivity contribution is 9.11. The number of aryl methyl sites for hydroxylation is 2. The largest absolute Gasteiger partial charge is 0.356 e. The van der Waals surface area contributed by atoms with Crippen molar-refractivity contribution in [2.45, 2.75) is 25.0 Å². The molecule has 1 nitrogen and oxygen atoms in total. The van der Waals surface area contributed by atoms with E-state index in [0.717, 1.165) is 43.6 Å². The van der Waals surface area contributed by atoms with Crippen LogP contribution in [0.2, 0.25) is 0 Å². The van der Waals surface area contributed by atoms with Gasteiger partial charge in [0.1, 0.15) is 12.2 Å². The summed E-state index contributed by atoms with van der Waals surface area (Å²) in [7, 11) is 0. The molecule has 4 aromatic rings. The maximum atomic E-state index is 7.19. The summed E-state index contributed by atoms with van der Waals surface area (Å²) in [5.41, 5.74) is 7.26. The van der Waals surface area contributed by atoms with Crippen LogP contribution >= 0.6 is 63.7 Å². The van der Waals surface area contributed by atoms with Crippen LogP contribution in [0.4, 0.5) is 0 Å². The van der Waals surface area contributed by atoms with Gasteiger partial charge in [-0.3, -0.25) is 0 Å². The number of hydrogen-bond acceptors (Lipinski definition) is 1. The highest BCUT2D eigenvalue weighted by Gasteiger charge is 2.26. The van der Waals surface area contributed by atoms with E-state index in [9.17, 15) is 0 Å². The zero-order chi connectivity index (χ0) is 24.6. The molecule has 0 aliphatic carbocycles. The Morgan fingerprint density at radius 3 is 1.26 bits per heavy atom. The molecule has 0 spiro atoms. The highest BCUT2D eigenvalue weighted by Crippen LogP contribution is 2.39. The second-order valence-corrected chi connectivity index (χ2v) is 11.7. The van der Waals surface area contributed by atoms with Crippen LogP contribution in [0.3, 0.4) is 0 Å². The molecule has 35 heavy (non-hydrogen) atoms. The van der Waals surface area contributed by atoms with E-state index in [4.69, 9.17) is 4.74 Å². The average molecular weight is 722 g/mol. The molecule has 0 amide bonds. The van der Waals surface area contributed by atoms with Crippen LogP contribution in [0, 0.1) is 0 Å². The Bertz CT molecular complexity index is 1120. The van der Waals surface area contributed by atoms with Gasteiger partial charge in [-0.15, -0.1) is 0 Å². The van der Waals surface area contributed by atoms with Crippen LogP contribution in [-0.4, -0.2) is 10.7 Å². The lowest BCUT2D eigenvalue weighted by molar-refractivity contribution is 0.0299. The minimum atomic E-state index is -0.218. The zero-order valence-electron chi connectivity index (χ0n) is 19.1. The Hall–Kier alpha value is -1.24. The van der Waals surface area contributed by atoms with Crippen molar-refractivity contribution < 1.29 is 4.74 Å². The summed E-state index contributed by atoms with van der Waals surface area (Å²) < 4.78 is 9.30. The van der Waals surface area contributed by atoms with Gasteiger partial charge >= 0.3 is 0 Å². The topological polar surface area (TPSA) is 9.23 Å². The summed E-state index contributed by atoms with van der Waals surface area (Å²) in [4.78, 5) is 0. The number of hydrogen-bond donors (Lipinski definition) is 0. The molecule has 0 heterocycles. The first-order valence-electron chi connectivity index (χ1n) is 11.5. The number of rotatable bonds is 10. The van der Waals surface area contributed by atoms with Crippen molar-refractivity contribution in [2.75, 3.05) is 10.7 Å². The third-order valence-electron chi connectivity index (χ3n) is 6.02. The van der Waals surface area contributed by atoms with Crippen molar-refractivity contribution in [2.24, 2.45) is 0 Å². The third kappa shape index (κ3) is 6.95. The molecule has 0 bridgehead atoms. The Labute approximate surface area is 241 Å². The molecular weight excluding hydrogens is 696 g/mol. The quantitative estimate of drug-likeness (QED) is 0.148. The molecule has 0 fully saturated rings. The lowest BCUT2D eigenvalue weighted by Gasteiger charge is -2.29. The van der Waals surface area contributed by atoms with Gasteiger partial charge in [-0.05, 0) is 70.5 Å². The van der Waals surface area contributed by atoms with Crippen LogP contribution in [0.15, 0.2) is 106 Å². The molecule has 180 valence electrons. The van der Waals surface area contributed by atoms with Gasteiger partial charge in [0.2, 0.25) is 0 Å². The van der Waals surface area contributed by atoms with Gasteiger partial charge in [-0.25, -0.2) is 0 Å². The van der Waals surface area contributed by atoms with Gasteiger partial charge in [0, 0.05) is 19.6 Å². The van der Waals surface area contributed by atoms with E-state index in [1.807, 2.05) is 0 Å². The molecule has 2 unspecified atom stereocenters. The molecule has 0 aliphatic heterocycles. The van der Waals surface area contributed by atoms with E-state index in [1.165, 1.54) is 22.3 Å². The van der Waals surface area contributed by atoms with Gasteiger partial charge < -0.3 is 4.74 Å². The highest BCUT2D eigenvalue weighted by atomic mass is 79.9. The SMILES string of the molecule is BrCCc1ccccc1C(OC(c1ccc(Br)cc1)c1ccccc1CCBr)c1ccc(Br)cc1. The molecule has 0 saturated carbocycles. The lowest BCUT2D eigenvalue weighted by Crippen LogP contribution is -2.16. The third-order valence-corrected chi connectivity index (χ3v) is 7.87. The molecule has 4 aromatic carbocycles. The summed E-state index contributed by atoms with van der Waals surface area (Å²) in [6, 6.07) is 34.2. The second kappa shape index (κ2) is 13.3. The molecule has 0 N–H and O–H groups in total. The van der Waals surface area contributed by atoms with E-state index >= 15 is 0 Å². The summed E-state index contributed by atoms with van der Waals surface area (Å²) in [5, 5.41) is 1.81. The average Bonchev–Trinajstić information content (AvgIpc) is 2.88. The molecule has 0 aliphatic rings. The normalized spacial score (nSPS) is 12.9. The van der Waals surface area contributed by atoms with Gasteiger partial charge in [0.25, 0.3) is 0 Å². The predicted octanol–water partition coefficient (Wildman–Crippen LogP) is 9.98. The van der Waals surface area contributed by atoms with E-state index in [0.29, 0.717) is 0 Å². The first kappa shape index (κ1) is 26.8. The van der Waals surface area contributed by atoms with Crippen LogP contribution in [0.25, 0.3) is 0 Å². The van der Waals surface area contributed by atoms with Crippen LogP contribution in [0.1, 0.15) is 45.6 Å². The smallest absolute Gasteiger partial charge is 0.109 e. The summed E-state index contributed by atoms with van der Waals surface area (Å²) in [6.45, 7) is 0. The second-order valence-electron chi connectivity index (χ2n) is 8.27. The molecular formula is C30H26Br4O. The Kier molecular flexibility index (Phi) is 10.2. The number of ether oxygens (including phenoxy) is 1. The fourth-order valence-corrected chi connectivity index (χ4v) is 5.70. The summed E-state index contributed by atoms with van der Waals surface area (Å²) in [6.07, 6.45) is 1.44. The van der Waals surface area contributed by atoms with Crippen LogP contribution in [-0.2, 0) is 17.6 Å². The van der Waals surface area contributed by atoms with Crippen LogP contribution < -0.4 is 0 Å². The van der Waals surface area contributed by atoms with E-state index < -0.39 is 0 Å². The molecule has 0 aromatic heterocycles. The van der Waals surface area contributed by atoms with Gasteiger partial charge in [0.15, 0.2) is 0 Å². The Morgan fingerprint density at radius 2 is 0.886 bits per heavy atom. The maximum absolute atomic E-state index is 7.19. The van der Waals surface area contributed by atoms with Crippen molar-refractivity contribution in [3.63, 3.8) is 0 Å². The zero-order valence-corrected chi connectivity index (χ0v) is 25.5. The van der Waals surface area contributed by atoms with Crippen molar-refractivity contribution >= 4 is 63.7 Å². The van der Waals surface area contributed by atoms with E-state index in [1.54, 1.807) is 0 Å². The first-order chi connectivity index (χ1) is 17.1. The molecule has 0 saturated heterocycles. The fraction of sp³-hybridized carbons (Fsp3) is 0.200. The molecule has 2 atom stereocenters.